The number of carbonyl (C=O) groups excluding carboxylic acids is 1. The van der Waals surface area contributed by atoms with E-state index in [1.807, 2.05) is 30.8 Å². The Morgan fingerprint density at radius 1 is 1.21 bits per heavy atom. The normalized spacial score (nSPS) is 9.96. The number of halogens is 2. The molecule has 2 aromatic rings. The van der Waals surface area contributed by atoms with Crippen LogP contribution in [-0.4, -0.2) is 35.6 Å². The van der Waals surface area contributed by atoms with Crippen molar-refractivity contribution in [2.24, 2.45) is 0 Å². The molecule has 0 unspecified atom stereocenters. The molecule has 2 heterocycles. The summed E-state index contributed by atoms with van der Waals surface area (Å²) in [5.74, 6) is 0.501. The molecule has 0 atom stereocenters. The smallest absolute Gasteiger partial charge is 0.498 e. The summed E-state index contributed by atoms with van der Waals surface area (Å²) in [6.07, 6.45) is 7.18. The summed E-state index contributed by atoms with van der Waals surface area (Å²) >= 11 is 5.80. The van der Waals surface area contributed by atoms with Crippen LogP contribution in [0.25, 0.3) is 0 Å². The van der Waals surface area contributed by atoms with E-state index in [9.17, 15) is 4.79 Å². The Morgan fingerprint density at radius 3 is 2.46 bits per heavy atom. The Hall–Kier alpha value is -1.92. The predicted molar refractivity (Wildman–Crippen MR) is 85.3 cm³/mol. The second-order valence-corrected chi connectivity index (χ2v) is 5.23. The predicted octanol–water partition coefficient (Wildman–Crippen LogP) is -1.30. The van der Waals surface area contributed by atoms with E-state index in [4.69, 9.17) is 16.3 Å². The largest absolute Gasteiger partial charge is 1.00 e. The Labute approximate surface area is 153 Å². The van der Waals surface area contributed by atoms with E-state index in [0.29, 0.717) is 37.3 Å². The number of hydrogen-bond acceptors (Lipinski definition) is 3. The lowest BCUT2D eigenvalue weighted by molar-refractivity contribution is -0.719. The van der Waals surface area contributed by atoms with Crippen LogP contribution in [0, 0.1) is 0 Å². The van der Waals surface area contributed by atoms with Gasteiger partial charge in [-0.15, -0.1) is 0 Å². The van der Waals surface area contributed by atoms with Gasteiger partial charge >= 0.3 is 6.03 Å². The molecule has 2 aromatic heterocycles. The third-order valence-electron chi connectivity index (χ3n) is 3.38. The maximum absolute atomic E-state index is 12.2. The molecular formula is C16H21Cl2N4O2+. The maximum Gasteiger partial charge on any atom is 0.498 e. The monoisotopic (exact) mass is 371 g/mol. The highest BCUT2D eigenvalue weighted by molar-refractivity contribution is 6.29. The molecule has 0 aromatic carbocycles. The summed E-state index contributed by atoms with van der Waals surface area (Å²) in [6, 6.07) is 5.23. The van der Waals surface area contributed by atoms with Gasteiger partial charge in [0.05, 0.1) is 13.1 Å². The van der Waals surface area contributed by atoms with E-state index in [0.717, 1.165) is 0 Å². The summed E-state index contributed by atoms with van der Waals surface area (Å²) in [7, 11) is 0. The van der Waals surface area contributed by atoms with Crippen LogP contribution in [0.15, 0.2) is 43.0 Å². The van der Waals surface area contributed by atoms with Gasteiger partial charge in [-0.25, -0.2) is 9.88 Å². The molecule has 24 heavy (non-hydrogen) atoms. The molecule has 0 bridgehead atoms. The van der Waals surface area contributed by atoms with E-state index in [1.54, 1.807) is 40.1 Å². The van der Waals surface area contributed by atoms with Crippen molar-refractivity contribution in [2.75, 3.05) is 19.7 Å². The molecule has 2 rings (SSSR count). The standard InChI is InChI=1S/C16H21ClN4O2.ClH/c1-3-20(4-2)16(22)21-10-8-19(9-11-21)12-13-23-15-7-5-6-14(17)18-15;/h5-11H,3-4,12-13H2,1-2H3;1H/q+2;/p-1. The molecule has 8 heteroatoms. The molecule has 0 radical (unpaired) electrons. The lowest BCUT2D eigenvalue weighted by Crippen LogP contribution is -3.00. The number of pyridine rings is 1. The number of carbonyl (C=O) groups is 1. The van der Waals surface area contributed by atoms with Crippen molar-refractivity contribution in [3.8, 4) is 5.88 Å². The van der Waals surface area contributed by atoms with Crippen molar-refractivity contribution < 1.29 is 31.1 Å². The first-order valence-corrected chi connectivity index (χ1v) is 7.96. The van der Waals surface area contributed by atoms with Gasteiger partial charge in [-0.05, 0) is 19.9 Å². The van der Waals surface area contributed by atoms with Crippen LogP contribution in [0.4, 0.5) is 4.79 Å². The molecule has 0 aliphatic heterocycles. The van der Waals surface area contributed by atoms with Gasteiger partial charge in [0.25, 0.3) is 0 Å². The fourth-order valence-corrected chi connectivity index (χ4v) is 2.23. The first-order chi connectivity index (χ1) is 11.1. The van der Waals surface area contributed by atoms with Crippen LogP contribution in [0.2, 0.25) is 5.15 Å². The maximum atomic E-state index is 12.2. The lowest BCUT2D eigenvalue weighted by Gasteiger charge is -2.09. The number of hydrogen-bond donors (Lipinski definition) is 0. The van der Waals surface area contributed by atoms with Crippen molar-refractivity contribution >= 4 is 17.6 Å². The highest BCUT2D eigenvalue weighted by Gasteiger charge is 2.21. The fraction of sp³-hybridized carbons (Fsp3) is 0.375. The minimum absolute atomic E-state index is 0. The Bertz CT molecular complexity index is 649. The van der Waals surface area contributed by atoms with Gasteiger partial charge in [0.2, 0.25) is 18.3 Å². The van der Waals surface area contributed by atoms with Crippen LogP contribution >= 0.6 is 11.6 Å². The molecule has 0 saturated carbocycles. The molecule has 0 fully saturated rings. The highest BCUT2D eigenvalue weighted by Crippen LogP contribution is 2.10. The summed E-state index contributed by atoms with van der Waals surface area (Å²) in [6.45, 7) is 6.43. The average Bonchev–Trinajstić information content (AvgIpc) is 2.56. The molecule has 0 saturated heterocycles. The Balaban J connectivity index is 0.00000288. The number of aromatic nitrogens is 3. The zero-order chi connectivity index (χ0) is 16.7. The molecule has 0 aliphatic rings. The molecular weight excluding hydrogens is 351 g/mol. The van der Waals surface area contributed by atoms with Crippen molar-refractivity contribution in [3.63, 3.8) is 0 Å². The van der Waals surface area contributed by atoms with Crippen LogP contribution in [0.3, 0.4) is 0 Å². The van der Waals surface area contributed by atoms with E-state index in [2.05, 4.69) is 4.98 Å². The van der Waals surface area contributed by atoms with Gasteiger partial charge in [0, 0.05) is 6.07 Å². The number of nitrogens with zero attached hydrogens (tertiary/aromatic N) is 4. The zero-order valence-corrected chi connectivity index (χ0v) is 15.2. The van der Waals surface area contributed by atoms with Gasteiger partial charge in [0.1, 0.15) is 11.8 Å². The Kier molecular flexibility index (Phi) is 8.43. The SMILES string of the molecule is CCN(CC)C(=O)[n+]1cc[n+](CCOc2cccc(Cl)n2)cc1.[Cl-]. The summed E-state index contributed by atoms with van der Waals surface area (Å²) in [4.78, 5) is 18.0. The zero-order valence-electron chi connectivity index (χ0n) is 13.7. The van der Waals surface area contributed by atoms with Crippen molar-refractivity contribution in [2.45, 2.75) is 20.4 Å². The lowest BCUT2D eigenvalue weighted by atomic mass is 10.5. The summed E-state index contributed by atoms with van der Waals surface area (Å²) < 4.78 is 9.06. The average molecular weight is 372 g/mol. The second kappa shape index (κ2) is 10.1. The van der Waals surface area contributed by atoms with Crippen LogP contribution in [0.1, 0.15) is 13.8 Å². The first kappa shape index (κ1) is 20.1. The number of amides is 1. The topological polar surface area (TPSA) is 50.2 Å². The van der Waals surface area contributed by atoms with Gasteiger partial charge in [-0.1, -0.05) is 17.7 Å². The van der Waals surface area contributed by atoms with Gasteiger partial charge in [-0.2, -0.15) is 13.9 Å². The van der Waals surface area contributed by atoms with Gasteiger partial charge in [-0.3, -0.25) is 0 Å². The highest BCUT2D eigenvalue weighted by atomic mass is 35.5. The molecule has 1 amide bonds. The molecule has 0 N–H and O–H groups in total. The first-order valence-electron chi connectivity index (χ1n) is 7.59. The van der Waals surface area contributed by atoms with E-state index >= 15 is 0 Å². The number of ether oxygens (including phenoxy) is 1. The van der Waals surface area contributed by atoms with Crippen molar-refractivity contribution in [3.05, 3.63) is 48.1 Å². The Morgan fingerprint density at radius 2 is 1.88 bits per heavy atom. The minimum Gasteiger partial charge on any atom is -1.00 e. The fourth-order valence-electron chi connectivity index (χ4n) is 2.07. The van der Waals surface area contributed by atoms with E-state index in [1.165, 1.54) is 0 Å². The summed E-state index contributed by atoms with van der Waals surface area (Å²) in [5, 5.41) is 0.408. The molecule has 0 aliphatic carbocycles. The summed E-state index contributed by atoms with van der Waals surface area (Å²) in [5.41, 5.74) is 0. The number of rotatable bonds is 6. The quantitative estimate of drug-likeness (QED) is 0.468. The molecule has 130 valence electrons. The van der Waals surface area contributed by atoms with E-state index in [-0.39, 0.29) is 18.4 Å². The van der Waals surface area contributed by atoms with Crippen LogP contribution in [0.5, 0.6) is 5.88 Å². The van der Waals surface area contributed by atoms with Crippen LogP contribution in [-0.2, 0) is 6.54 Å². The van der Waals surface area contributed by atoms with E-state index < -0.39 is 0 Å². The minimum atomic E-state index is -0.0264. The third-order valence-corrected chi connectivity index (χ3v) is 3.59. The van der Waals surface area contributed by atoms with Crippen molar-refractivity contribution in [1.29, 1.82) is 0 Å². The van der Waals surface area contributed by atoms with Gasteiger partial charge < -0.3 is 17.1 Å². The molecule has 0 spiro atoms. The molecule has 6 nitrogen and oxygen atoms in total. The van der Waals surface area contributed by atoms with Crippen LogP contribution < -0.4 is 26.3 Å². The second-order valence-electron chi connectivity index (χ2n) is 4.84. The van der Waals surface area contributed by atoms with Crippen molar-refractivity contribution in [1.82, 2.24) is 9.88 Å². The van der Waals surface area contributed by atoms with Gasteiger partial charge in [0.15, 0.2) is 18.9 Å². The third kappa shape index (κ3) is 5.62.